The van der Waals surface area contributed by atoms with Crippen LogP contribution in [0.2, 0.25) is 0 Å². The average molecular weight is 311 g/mol. The van der Waals surface area contributed by atoms with Crippen molar-refractivity contribution >= 4 is 5.91 Å². The number of nitrogens with zero attached hydrogens (tertiary/aromatic N) is 4. The summed E-state index contributed by atoms with van der Waals surface area (Å²) in [6.07, 6.45) is 1.68. The Morgan fingerprint density at radius 1 is 1.45 bits per heavy atom. The second-order valence-electron chi connectivity index (χ2n) is 6.31. The summed E-state index contributed by atoms with van der Waals surface area (Å²) in [4.78, 5) is 12.8. The Morgan fingerprint density at radius 2 is 2.14 bits per heavy atom. The van der Waals surface area contributed by atoms with Crippen molar-refractivity contribution in [2.75, 3.05) is 26.8 Å². The number of methoxy groups -OCH3 is 1. The first kappa shape index (κ1) is 16.8. The lowest BCUT2D eigenvalue weighted by atomic mass is 9.92. The van der Waals surface area contributed by atoms with Gasteiger partial charge in [-0.2, -0.15) is 0 Å². The second-order valence-corrected chi connectivity index (χ2v) is 6.31. The third-order valence-corrected chi connectivity index (χ3v) is 4.48. The monoisotopic (exact) mass is 311 g/mol. The first-order chi connectivity index (χ1) is 10.5. The summed E-state index contributed by atoms with van der Waals surface area (Å²) in [6, 6.07) is 0.223. The molecule has 2 rings (SSSR count). The van der Waals surface area contributed by atoms with Gasteiger partial charge in [0.25, 0.3) is 0 Å². The summed E-state index contributed by atoms with van der Waals surface area (Å²) in [6.45, 7) is 7.46. The number of tetrazole rings is 1. The highest BCUT2D eigenvalue weighted by Crippen LogP contribution is 2.18. The highest BCUT2D eigenvalue weighted by atomic mass is 16.5. The molecule has 0 bridgehead atoms. The summed E-state index contributed by atoms with van der Waals surface area (Å²) in [5, 5.41) is 12.2. The van der Waals surface area contributed by atoms with Crippen LogP contribution in [0.3, 0.4) is 0 Å². The fraction of sp³-hybridized carbons (Fsp3) is 0.857. The molecule has 1 fully saturated rings. The van der Waals surface area contributed by atoms with Gasteiger partial charge in [0.1, 0.15) is 0 Å². The van der Waals surface area contributed by atoms with Crippen LogP contribution in [0.4, 0.5) is 0 Å². The Hall–Kier alpha value is -1.54. The average Bonchev–Trinajstić information content (AvgIpc) is 2.93. The molecule has 0 radical (unpaired) electrons. The molecule has 1 aromatic heterocycles. The van der Waals surface area contributed by atoms with Gasteiger partial charge in [0.05, 0.1) is 26.2 Å². The van der Waals surface area contributed by atoms with E-state index in [-0.39, 0.29) is 17.9 Å². The van der Waals surface area contributed by atoms with Crippen molar-refractivity contribution in [1.82, 2.24) is 20.2 Å². The molecule has 0 aromatic carbocycles. The van der Waals surface area contributed by atoms with Crippen LogP contribution in [0, 0.1) is 11.8 Å². The minimum absolute atomic E-state index is 0.0149. The van der Waals surface area contributed by atoms with E-state index in [1.54, 1.807) is 7.11 Å². The van der Waals surface area contributed by atoms with Gasteiger partial charge in [-0.1, -0.05) is 13.8 Å². The van der Waals surface area contributed by atoms with E-state index in [1.165, 1.54) is 4.90 Å². The number of ether oxygens (including phenoxy) is 1. The second kappa shape index (κ2) is 7.64. The van der Waals surface area contributed by atoms with E-state index < -0.39 is 0 Å². The van der Waals surface area contributed by atoms with Gasteiger partial charge < -0.3 is 15.4 Å². The maximum atomic E-state index is 11.3. The molecule has 1 saturated heterocycles. The molecular weight excluding hydrogens is 284 g/mol. The zero-order valence-corrected chi connectivity index (χ0v) is 13.7. The number of aromatic nitrogens is 4. The van der Waals surface area contributed by atoms with E-state index in [0.717, 1.165) is 31.8 Å². The number of piperidine rings is 1. The number of rotatable bonds is 7. The van der Waals surface area contributed by atoms with E-state index in [2.05, 4.69) is 29.4 Å². The number of hydrogen-bond donors (Lipinski definition) is 2. The van der Waals surface area contributed by atoms with Crippen LogP contribution in [0.5, 0.6) is 0 Å². The molecular formula is C14H27N6O2+. The van der Waals surface area contributed by atoms with Crippen molar-refractivity contribution in [3.8, 4) is 0 Å². The van der Waals surface area contributed by atoms with E-state index >= 15 is 0 Å². The van der Waals surface area contributed by atoms with Crippen molar-refractivity contribution in [3.63, 3.8) is 0 Å². The van der Waals surface area contributed by atoms with Crippen molar-refractivity contribution < 1.29 is 14.4 Å². The van der Waals surface area contributed by atoms with Crippen molar-refractivity contribution in [2.24, 2.45) is 17.6 Å². The van der Waals surface area contributed by atoms with Crippen molar-refractivity contribution in [2.45, 2.75) is 39.3 Å². The lowest BCUT2D eigenvalue weighted by Gasteiger charge is -2.35. The normalized spacial score (nSPS) is 23.6. The molecule has 1 atom stereocenters. The lowest BCUT2D eigenvalue weighted by molar-refractivity contribution is -0.941. The summed E-state index contributed by atoms with van der Waals surface area (Å²) in [5.74, 6) is 1.15. The fourth-order valence-corrected chi connectivity index (χ4v) is 3.31. The number of carbonyl (C=O) groups excluding carboxylic acids is 1. The molecule has 8 heteroatoms. The topological polar surface area (TPSA) is 100 Å². The third-order valence-electron chi connectivity index (χ3n) is 4.48. The molecule has 0 unspecified atom stereocenters. The minimum atomic E-state index is -0.176. The predicted molar refractivity (Wildman–Crippen MR) is 79.9 cm³/mol. The first-order valence-electron chi connectivity index (χ1n) is 7.93. The quantitative estimate of drug-likeness (QED) is 0.658. The number of nitrogens with two attached hydrogens (primary N) is 1. The SMILES string of the molecule is COCCn1nnnc1[C@H](C(C)C)[NH+]1CCC(C(N)=O)CC1. The molecule has 124 valence electrons. The van der Waals surface area contributed by atoms with Crippen LogP contribution in [-0.2, 0) is 16.1 Å². The highest BCUT2D eigenvalue weighted by Gasteiger charge is 2.36. The van der Waals surface area contributed by atoms with Crippen LogP contribution in [0.1, 0.15) is 38.6 Å². The predicted octanol–water partition coefficient (Wildman–Crippen LogP) is -1.20. The molecule has 2 heterocycles. The Bertz CT molecular complexity index is 481. The summed E-state index contributed by atoms with van der Waals surface area (Å²) in [7, 11) is 1.67. The summed E-state index contributed by atoms with van der Waals surface area (Å²) < 4.78 is 6.96. The molecule has 1 aliphatic rings. The largest absolute Gasteiger partial charge is 0.383 e. The standard InChI is InChI=1S/C14H26N6O2/c1-10(2)12(14-16-17-18-20(14)8-9-22-3)19-6-4-11(5-7-19)13(15)21/h10-12H,4-9H2,1-3H3,(H2,15,21)/p+1/t12-/m0/s1. The smallest absolute Gasteiger partial charge is 0.220 e. The lowest BCUT2D eigenvalue weighted by Crippen LogP contribution is -3.14. The molecule has 1 aliphatic heterocycles. The van der Waals surface area contributed by atoms with Gasteiger partial charge in [0.2, 0.25) is 11.7 Å². The first-order valence-corrected chi connectivity index (χ1v) is 7.93. The highest BCUT2D eigenvalue weighted by molar-refractivity contribution is 5.76. The molecule has 0 aliphatic carbocycles. The van der Waals surface area contributed by atoms with E-state index in [4.69, 9.17) is 10.5 Å². The van der Waals surface area contributed by atoms with Crippen LogP contribution < -0.4 is 10.6 Å². The Morgan fingerprint density at radius 3 is 2.68 bits per heavy atom. The molecule has 3 N–H and O–H groups in total. The van der Waals surface area contributed by atoms with Crippen molar-refractivity contribution in [3.05, 3.63) is 5.82 Å². The van der Waals surface area contributed by atoms with Crippen molar-refractivity contribution in [1.29, 1.82) is 0 Å². The fourth-order valence-electron chi connectivity index (χ4n) is 3.31. The van der Waals surface area contributed by atoms with Crippen LogP contribution in [0.15, 0.2) is 0 Å². The van der Waals surface area contributed by atoms with Gasteiger partial charge in [-0.05, 0) is 10.4 Å². The van der Waals surface area contributed by atoms with Gasteiger partial charge >= 0.3 is 0 Å². The van der Waals surface area contributed by atoms with Gasteiger partial charge in [-0.15, -0.1) is 5.10 Å². The Kier molecular flexibility index (Phi) is 5.84. The zero-order valence-electron chi connectivity index (χ0n) is 13.7. The number of hydrogen-bond acceptors (Lipinski definition) is 5. The van der Waals surface area contributed by atoms with Crippen LogP contribution >= 0.6 is 0 Å². The number of quaternary nitrogens is 1. The van der Waals surface area contributed by atoms with E-state index in [0.29, 0.717) is 19.1 Å². The minimum Gasteiger partial charge on any atom is -0.383 e. The third kappa shape index (κ3) is 3.80. The number of carbonyl (C=O) groups is 1. The number of primary amides is 1. The van der Waals surface area contributed by atoms with Crippen LogP contribution in [-0.4, -0.2) is 52.9 Å². The number of likely N-dealkylation sites (tertiary alicyclic amines) is 1. The van der Waals surface area contributed by atoms with Gasteiger partial charge in [0, 0.05) is 31.8 Å². The zero-order chi connectivity index (χ0) is 16.1. The Balaban J connectivity index is 2.11. The molecule has 0 spiro atoms. The van der Waals surface area contributed by atoms with Gasteiger partial charge in [-0.25, -0.2) is 4.68 Å². The number of nitrogens with one attached hydrogen (secondary N) is 1. The molecule has 0 saturated carbocycles. The maximum absolute atomic E-state index is 11.3. The van der Waals surface area contributed by atoms with Gasteiger partial charge in [0.15, 0.2) is 6.04 Å². The molecule has 22 heavy (non-hydrogen) atoms. The number of amides is 1. The molecule has 1 aromatic rings. The molecule has 8 nitrogen and oxygen atoms in total. The van der Waals surface area contributed by atoms with Gasteiger partial charge in [-0.3, -0.25) is 4.79 Å². The van der Waals surface area contributed by atoms with Crippen LogP contribution in [0.25, 0.3) is 0 Å². The summed E-state index contributed by atoms with van der Waals surface area (Å²) in [5.41, 5.74) is 5.42. The van der Waals surface area contributed by atoms with E-state index in [1.807, 2.05) is 4.68 Å². The maximum Gasteiger partial charge on any atom is 0.220 e. The Labute approximate surface area is 131 Å². The van der Waals surface area contributed by atoms with E-state index in [9.17, 15) is 4.79 Å². The molecule has 1 amide bonds. The summed E-state index contributed by atoms with van der Waals surface area (Å²) >= 11 is 0.